The van der Waals surface area contributed by atoms with Crippen LogP contribution in [0.25, 0.3) is 0 Å². The zero-order chi connectivity index (χ0) is 20.6. The zero-order valence-corrected chi connectivity index (χ0v) is 20.5. The largest absolute Gasteiger partial charge is 0.359 e. The topological polar surface area (TPSA) is 74.5 Å². The van der Waals surface area contributed by atoms with Crippen LogP contribution in [0, 0.1) is 5.92 Å². The Morgan fingerprint density at radius 3 is 2.57 bits per heavy atom. The molecule has 9 heteroatoms. The summed E-state index contributed by atoms with van der Waals surface area (Å²) >= 11 is 6.06. The number of halogens is 2. The molecule has 0 bridgehead atoms. The molecule has 3 rings (SSSR count). The fraction of sp³-hybridized carbons (Fsp3) is 0.476. The van der Waals surface area contributed by atoms with Crippen LogP contribution in [0.1, 0.15) is 30.9 Å². The number of nitrogens with zero attached hydrogens (tertiary/aromatic N) is 4. The van der Waals surface area contributed by atoms with Crippen molar-refractivity contribution in [1.29, 1.82) is 0 Å². The average molecular weight is 545 g/mol. The van der Waals surface area contributed by atoms with E-state index in [-0.39, 0.29) is 35.9 Å². The predicted octanol–water partition coefficient (Wildman–Crippen LogP) is 3.17. The molecule has 7 nitrogen and oxygen atoms in total. The van der Waals surface area contributed by atoms with Gasteiger partial charge < -0.3 is 15.5 Å². The van der Waals surface area contributed by atoms with Crippen molar-refractivity contribution in [3.63, 3.8) is 0 Å². The smallest absolute Gasteiger partial charge is 0.220 e. The first kappa shape index (κ1) is 24.5. The molecule has 2 aromatic rings. The highest BCUT2D eigenvalue weighted by Crippen LogP contribution is 2.22. The van der Waals surface area contributed by atoms with Crippen molar-refractivity contribution in [2.75, 3.05) is 33.7 Å². The van der Waals surface area contributed by atoms with Crippen LogP contribution < -0.4 is 10.6 Å². The van der Waals surface area contributed by atoms with E-state index >= 15 is 0 Å². The normalized spacial score (nSPS) is 16.0. The molecule has 30 heavy (non-hydrogen) atoms. The van der Waals surface area contributed by atoms with Gasteiger partial charge >= 0.3 is 0 Å². The van der Waals surface area contributed by atoms with Gasteiger partial charge in [0.1, 0.15) is 0 Å². The number of piperidine rings is 1. The first-order valence-electron chi connectivity index (χ1n) is 10.0. The number of aliphatic imine (C=N–C) groups is 1. The zero-order valence-electron chi connectivity index (χ0n) is 17.4. The van der Waals surface area contributed by atoms with E-state index in [4.69, 9.17) is 11.6 Å². The van der Waals surface area contributed by atoms with Crippen LogP contribution in [-0.2, 0) is 4.79 Å². The van der Waals surface area contributed by atoms with Crippen molar-refractivity contribution in [3.05, 3.63) is 53.3 Å². The molecule has 1 aromatic carbocycles. The maximum Gasteiger partial charge on any atom is 0.220 e. The third kappa shape index (κ3) is 6.60. The molecule has 0 aliphatic carbocycles. The van der Waals surface area contributed by atoms with E-state index in [1.165, 1.54) is 0 Å². The Bertz CT molecular complexity index is 803. The van der Waals surface area contributed by atoms with E-state index < -0.39 is 0 Å². The van der Waals surface area contributed by atoms with Gasteiger partial charge in [0, 0.05) is 57.6 Å². The number of nitrogens with one attached hydrogen (secondary N) is 2. The third-order valence-electron chi connectivity index (χ3n) is 5.43. The molecule has 0 saturated carbocycles. The molecule has 1 aromatic heterocycles. The number of hydrogen-bond donors (Lipinski definition) is 2. The van der Waals surface area contributed by atoms with Gasteiger partial charge in [0.15, 0.2) is 5.96 Å². The minimum absolute atomic E-state index is 0. The highest BCUT2D eigenvalue weighted by atomic mass is 127. The van der Waals surface area contributed by atoms with Gasteiger partial charge in [-0.3, -0.25) is 14.5 Å². The van der Waals surface area contributed by atoms with E-state index in [1.54, 1.807) is 13.2 Å². The molecule has 2 heterocycles. The number of likely N-dealkylation sites (tertiary alicyclic amines) is 1. The van der Waals surface area contributed by atoms with Gasteiger partial charge in [-0.2, -0.15) is 5.10 Å². The van der Waals surface area contributed by atoms with Crippen LogP contribution in [0.2, 0.25) is 5.02 Å². The third-order valence-corrected chi connectivity index (χ3v) is 5.68. The highest BCUT2D eigenvalue weighted by molar-refractivity contribution is 14.0. The molecule has 1 aliphatic heterocycles. The lowest BCUT2D eigenvalue weighted by Crippen LogP contribution is -2.47. The van der Waals surface area contributed by atoms with Gasteiger partial charge in [0.25, 0.3) is 0 Å². The van der Waals surface area contributed by atoms with Crippen LogP contribution in [0.15, 0.2) is 47.7 Å². The van der Waals surface area contributed by atoms with Gasteiger partial charge in [0.05, 0.1) is 6.04 Å². The van der Waals surface area contributed by atoms with Crippen molar-refractivity contribution in [1.82, 2.24) is 25.3 Å². The monoisotopic (exact) mass is 544 g/mol. The molecule has 1 fully saturated rings. The molecular weight excluding hydrogens is 515 g/mol. The molecule has 1 amide bonds. The SMILES string of the molecule is CN=C(NCC(c1ccc(Cl)cc1)n1cccn1)N1CCC(CC(=O)NC)CC1.I. The molecule has 0 spiro atoms. The Kier molecular flexibility index (Phi) is 9.90. The van der Waals surface area contributed by atoms with Crippen LogP contribution in [0.4, 0.5) is 0 Å². The maximum absolute atomic E-state index is 11.6. The first-order chi connectivity index (χ1) is 14.1. The molecule has 1 atom stereocenters. The molecular formula is C21H30ClIN6O. The molecule has 0 radical (unpaired) electrons. The minimum atomic E-state index is 0. The summed E-state index contributed by atoms with van der Waals surface area (Å²) in [5.74, 6) is 1.45. The lowest BCUT2D eigenvalue weighted by molar-refractivity contribution is -0.121. The molecule has 1 aliphatic rings. The van der Waals surface area contributed by atoms with Crippen molar-refractivity contribution in [3.8, 4) is 0 Å². The fourth-order valence-electron chi connectivity index (χ4n) is 3.75. The van der Waals surface area contributed by atoms with E-state index in [2.05, 4.69) is 25.6 Å². The van der Waals surface area contributed by atoms with E-state index in [9.17, 15) is 4.79 Å². The second-order valence-electron chi connectivity index (χ2n) is 7.29. The second-order valence-corrected chi connectivity index (χ2v) is 7.73. The summed E-state index contributed by atoms with van der Waals surface area (Å²) in [7, 11) is 3.50. The molecule has 1 saturated heterocycles. The summed E-state index contributed by atoms with van der Waals surface area (Å²) in [6.07, 6.45) is 6.35. The number of hydrogen-bond acceptors (Lipinski definition) is 3. The van der Waals surface area contributed by atoms with Gasteiger partial charge in [-0.25, -0.2) is 0 Å². The van der Waals surface area contributed by atoms with Gasteiger partial charge in [0.2, 0.25) is 5.91 Å². The first-order valence-corrected chi connectivity index (χ1v) is 10.4. The van der Waals surface area contributed by atoms with Crippen LogP contribution in [0.5, 0.6) is 0 Å². The number of benzene rings is 1. The summed E-state index contributed by atoms with van der Waals surface area (Å²) in [5, 5.41) is 11.4. The van der Waals surface area contributed by atoms with Gasteiger partial charge in [-0.05, 0) is 42.5 Å². The Labute approximate surface area is 200 Å². The molecule has 164 valence electrons. The highest BCUT2D eigenvalue weighted by Gasteiger charge is 2.24. The minimum Gasteiger partial charge on any atom is -0.359 e. The van der Waals surface area contributed by atoms with Crippen molar-refractivity contribution in [2.45, 2.75) is 25.3 Å². The predicted molar refractivity (Wildman–Crippen MR) is 132 cm³/mol. The average Bonchev–Trinajstić information content (AvgIpc) is 3.27. The Balaban J connectivity index is 0.00000320. The number of guanidine groups is 1. The summed E-state index contributed by atoms with van der Waals surface area (Å²) < 4.78 is 1.94. The van der Waals surface area contributed by atoms with E-state index in [0.717, 1.165) is 42.5 Å². The quantitative estimate of drug-likeness (QED) is 0.333. The van der Waals surface area contributed by atoms with Gasteiger partial charge in [-0.15, -0.1) is 24.0 Å². The van der Waals surface area contributed by atoms with Crippen molar-refractivity contribution in [2.24, 2.45) is 10.9 Å². The number of rotatable bonds is 6. The van der Waals surface area contributed by atoms with Crippen molar-refractivity contribution < 1.29 is 4.79 Å². The summed E-state index contributed by atoms with van der Waals surface area (Å²) in [5.41, 5.74) is 1.13. The Morgan fingerprint density at radius 1 is 1.30 bits per heavy atom. The van der Waals surface area contributed by atoms with Crippen LogP contribution >= 0.6 is 35.6 Å². The molecule has 2 N–H and O–H groups in total. The number of amides is 1. The Hall–Kier alpha value is -1.81. The van der Waals surface area contributed by atoms with Gasteiger partial charge in [-0.1, -0.05) is 23.7 Å². The number of carbonyl (C=O) groups excluding carboxylic acids is 1. The van der Waals surface area contributed by atoms with Crippen molar-refractivity contribution >= 4 is 47.4 Å². The lowest BCUT2D eigenvalue weighted by Gasteiger charge is -2.34. The maximum atomic E-state index is 11.6. The summed E-state index contributed by atoms with van der Waals surface area (Å²) in [4.78, 5) is 18.4. The fourth-order valence-corrected chi connectivity index (χ4v) is 3.87. The Morgan fingerprint density at radius 2 is 2.00 bits per heavy atom. The standard InChI is InChI=1S/C21H29ClN6O.HI/c1-23-20(29)14-16-8-12-27(13-9-16)21(24-2)25-15-19(28-11-3-10-26-28)17-4-6-18(22)7-5-17;/h3-7,10-11,16,19H,8-9,12-15H2,1-2H3,(H,23,29)(H,24,25);1H. The lowest BCUT2D eigenvalue weighted by atomic mass is 9.93. The van der Waals surface area contributed by atoms with Crippen LogP contribution in [0.3, 0.4) is 0 Å². The number of carbonyl (C=O) groups is 1. The summed E-state index contributed by atoms with van der Waals surface area (Å²) in [6, 6.07) is 9.82. The molecule has 1 unspecified atom stereocenters. The van der Waals surface area contributed by atoms with Crippen LogP contribution in [-0.4, -0.2) is 60.3 Å². The second kappa shape index (κ2) is 12.1. The van der Waals surface area contributed by atoms with E-state index in [1.807, 2.05) is 48.3 Å². The van der Waals surface area contributed by atoms with E-state index in [0.29, 0.717) is 18.9 Å². The number of aromatic nitrogens is 2. The summed E-state index contributed by atoms with van der Waals surface area (Å²) in [6.45, 7) is 2.46.